The first kappa shape index (κ1) is 27.0. The van der Waals surface area contributed by atoms with Gasteiger partial charge < -0.3 is 15.0 Å². The zero-order chi connectivity index (χ0) is 26.2. The lowest BCUT2D eigenvalue weighted by Gasteiger charge is -2.31. The Bertz CT molecular complexity index is 1110. The Morgan fingerprint density at radius 3 is 2.59 bits per heavy atom. The Morgan fingerprint density at radius 1 is 1.16 bits per heavy atom. The molecule has 1 fully saturated rings. The number of ether oxygens (including phenoxy) is 1. The smallest absolute Gasteiger partial charge is 0.317 e. The fourth-order valence-electron chi connectivity index (χ4n) is 4.46. The molecule has 8 nitrogen and oxygen atoms in total. The monoisotopic (exact) mass is 529 g/mol. The quantitative estimate of drug-likeness (QED) is 0.534. The maximum Gasteiger partial charge on any atom is 0.317 e. The number of morpholine rings is 1. The van der Waals surface area contributed by atoms with Crippen molar-refractivity contribution in [3.63, 3.8) is 0 Å². The molecule has 1 N–H and O–H groups in total. The second-order valence-corrected chi connectivity index (χ2v) is 9.58. The van der Waals surface area contributed by atoms with Gasteiger partial charge in [0.2, 0.25) is 0 Å². The number of nitrogens with zero attached hydrogens (tertiary/aromatic N) is 4. The van der Waals surface area contributed by atoms with Gasteiger partial charge in [0, 0.05) is 49.7 Å². The van der Waals surface area contributed by atoms with Crippen molar-refractivity contribution >= 4 is 29.3 Å². The number of rotatable bonds is 9. The van der Waals surface area contributed by atoms with Crippen molar-refractivity contribution in [1.82, 2.24) is 20.1 Å². The van der Waals surface area contributed by atoms with Gasteiger partial charge in [-0.3, -0.25) is 9.69 Å². The van der Waals surface area contributed by atoms with Gasteiger partial charge in [-0.25, -0.2) is 14.2 Å². The van der Waals surface area contributed by atoms with Crippen LogP contribution in [0.15, 0.2) is 53.6 Å². The second kappa shape index (κ2) is 13.0. The molecule has 0 aliphatic carbocycles. The van der Waals surface area contributed by atoms with Crippen molar-refractivity contribution in [2.24, 2.45) is 5.10 Å². The summed E-state index contributed by atoms with van der Waals surface area (Å²) in [6.45, 7) is 6.29. The van der Waals surface area contributed by atoms with E-state index in [1.165, 1.54) is 16.0 Å². The molecular weight excluding hydrogens is 497 g/mol. The fourth-order valence-corrected chi connectivity index (χ4v) is 4.59. The number of amides is 3. The number of carbonyl (C=O) groups is 2. The molecule has 2 aromatic rings. The first-order valence-electron chi connectivity index (χ1n) is 12.7. The Hall–Kier alpha value is -3.01. The van der Waals surface area contributed by atoms with Crippen molar-refractivity contribution in [2.45, 2.75) is 25.8 Å². The van der Waals surface area contributed by atoms with E-state index in [1.807, 2.05) is 19.1 Å². The first-order valence-corrected chi connectivity index (χ1v) is 13.1. The van der Waals surface area contributed by atoms with Crippen LogP contribution in [0.4, 0.5) is 9.18 Å². The van der Waals surface area contributed by atoms with E-state index >= 15 is 0 Å². The number of urea groups is 1. The van der Waals surface area contributed by atoms with Crippen LogP contribution in [0.1, 0.15) is 36.9 Å². The number of hydrazone groups is 1. The summed E-state index contributed by atoms with van der Waals surface area (Å²) >= 11 is 6.09. The van der Waals surface area contributed by atoms with Crippen LogP contribution in [0, 0.1) is 5.82 Å². The summed E-state index contributed by atoms with van der Waals surface area (Å²) in [6.07, 6.45) is 1.14. The third-order valence-electron chi connectivity index (χ3n) is 6.53. The molecule has 0 aromatic heterocycles. The van der Waals surface area contributed by atoms with Gasteiger partial charge in [-0.15, -0.1) is 0 Å². The van der Waals surface area contributed by atoms with Crippen LogP contribution in [0.25, 0.3) is 0 Å². The number of halogens is 2. The molecule has 2 aromatic carbocycles. The minimum Gasteiger partial charge on any atom is -0.379 e. The molecule has 198 valence electrons. The number of hydrogen-bond acceptors (Lipinski definition) is 5. The Balaban J connectivity index is 1.55. The van der Waals surface area contributed by atoms with E-state index in [2.05, 4.69) is 15.3 Å². The van der Waals surface area contributed by atoms with Crippen LogP contribution in [-0.2, 0) is 9.53 Å². The van der Waals surface area contributed by atoms with Crippen molar-refractivity contribution < 1.29 is 18.7 Å². The molecule has 1 atom stereocenters. The Labute approximate surface area is 222 Å². The first-order chi connectivity index (χ1) is 18.0. The molecule has 0 bridgehead atoms. The molecule has 0 unspecified atom stereocenters. The van der Waals surface area contributed by atoms with E-state index in [0.717, 1.165) is 25.1 Å². The highest BCUT2D eigenvalue weighted by Gasteiger charge is 2.35. The minimum absolute atomic E-state index is 0.141. The van der Waals surface area contributed by atoms with Crippen molar-refractivity contribution in [1.29, 1.82) is 0 Å². The molecule has 3 amide bonds. The van der Waals surface area contributed by atoms with Crippen LogP contribution in [0.5, 0.6) is 0 Å². The average Bonchev–Trinajstić information content (AvgIpc) is 3.36. The van der Waals surface area contributed by atoms with Crippen LogP contribution in [0.3, 0.4) is 0 Å². The van der Waals surface area contributed by atoms with Crippen molar-refractivity contribution in [3.8, 4) is 0 Å². The molecule has 0 saturated carbocycles. The molecular formula is C27H33ClFN5O3. The zero-order valence-electron chi connectivity index (χ0n) is 21.0. The van der Waals surface area contributed by atoms with Crippen molar-refractivity contribution in [3.05, 3.63) is 70.5 Å². The average molecular weight is 530 g/mol. The third-order valence-corrected chi connectivity index (χ3v) is 6.79. The van der Waals surface area contributed by atoms with Crippen LogP contribution < -0.4 is 5.32 Å². The van der Waals surface area contributed by atoms with E-state index in [0.29, 0.717) is 55.6 Å². The summed E-state index contributed by atoms with van der Waals surface area (Å²) < 4.78 is 20.0. The fraction of sp³-hybridized carbons (Fsp3) is 0.444. The van der Waals surface area contributed by atoms with Gasteiger partial charge in [0.25, 0.3) is 5.91 Å². The maximum absolute atomic E-state index is 14.6. The molecule has 10 heteroatoms. The van der Waals surface area contributed by atoms with Crippen molar-refractivity contribution in [2.75, 3.05) is 52.5 Å². The molecule has 37 heavy (non-hydrogen) atoms. The van der Waals surface area contributed by atoms with Crippen LogP contribution in [0.2, 0.25) is 5.02 Å². The van der Waals surface area contributed by atoms with Gasteiger partial charge in [0.15, 0.2) is 0 Å². The Morgan fingerprint density at radius 2 is 1.89 bits per heavy atom. The predicted octanol–water partition coefficient (Wildman–Crippen LogP) is 3.91. The largest absolute Gasteiger partial charge is 0.379 e. The van der Waals surface area contributed by atoms with Crippen LogP contribution >= 0.6 is 11.6 Å². The van der Waals surface area contributed by atoms with E-state index in [1.54, 1.807) is 30.3 Å². The lowest BCUT2D eigenvalue weighted by Crippen LogP contribution is -2.49. The molecule has 1 saturated heterocycles. The molecule has 2 heterocycles. The molecule has 0 spiro atoms. The maximum atomic E-state index is 14.6. The predicted molar refractivity (Wildman–Crippen MR) is 141 cm³/mol. The summed E-state index contributed by atoms with van der Waals surface area (Å²) in [6, 6.07) is 12.9. The highest BCUT2D eigenvalue weighted by molar-refractivity contribution is 6.30. The van der Waals surface area contributed by atoms with Gasteiger partial charge in [0.1, 0.15) is 12.4 Å². The van der Waals surface area contributed by atoms with Gasteiger partial charge in [-0.2, -0.15) is 5.10 Å². The standard InChI is InChI=1S/C27H33ClFN5O3/c1-2-11-30-27(36)33(13-12-32-14-16-37-17-15-32)19-26(35)34-25(20-7-9-21(28)10-8-20)18-24(31-34)22-5-3-4-6-23(22)29/h3-10,25H,2,11-19H2,1H3,(H,30,36)/t25-/m1/s1. The normalized spacial score (nSPS) is 18.0. The lowest BCUT2D eigenvalue weighted by atomic mass is 9.98. The van der Waals surface area contributed by atoms with Gasteiger partial charge in [0.05, 0.1) is 25.0 Å². The van der Waals surface area contributed by atoms with Gasteiger partial charge >= 0.3 is 6.03 Å². The topological polar surface area (TPSA) is 77.5 Å². The van der Waals surface area contributed by atoms with Gasteiger partial charge in [-0.1, -0.05) is 48.9 Å². The second-order valence-electron chi connectivity index (χ2n) is 9.14. The molecule has 2 aliphatic rings. The summed E-state index contributed by atoms with van der Waals surface area (Å²) in [4.78, 5) is 30.3. The zero-order valence-corrected chi connectivity index (χ0v) is 21.8. The number of hydrogen-bond donors (Lipinski definition) is 1. The molecule has 4 rings (SSSR count). The SMILES string of the molecule is CCCNC(=O)N(CCN1CCOCC1)CC(=O)N1N=C(c2ccccc2F)C[C@@H]1c1ccc(Cl)cc1. The number of carbonyl (C=O) groups excluding carboxylic acids is 2. The van der Waals surface area contributed by atoms with E-state index in [-0.39, 0.29) is 18.5 Å². The van der Waals surface area contributed by atoms with Crippen LogP contribution in [-0.4, -0.2) is 84.9 Å². The summed E-state index contributed by atoms with van der Waals surface area (Å²) in [7, 11) is 0. The Kier molecular flexibility index (Phi) is 9.49. The van der Waals surface area contributed by atoms with E-state index < -0.39 is 11.9 Å². The highest BCUT2D eigenvalue weighted by Crippen LogP contribution is 2.34. The molecule has 2 aliphatic heterocycles. The molecule has 0 radical (unpaired) electrons. The van der Waals surface area contributed by atoms with E-state index in [9.17, 15) is 14.0 Å². The summed E-state index contributed by atoms with van der Waals surface area (Å²) in [5.74, 6) is -0.726. The van der Waals surface area contributed by atoms with Gasteiger partial charge in [-0.05, 0) is 30.2 Å². The summed E-state index contributed by atoms with van der Waals surface area (Å²) in [5.41, 5.74) is 1.69. The minimum atomic E-state index is -0.431. The third kappa shape index (κ3) is 7.06. The lowest BCUT2D eigenvalue weighted by molar-refractivity contribution is -0.133. The van der Waals surface area contributed by atoms with E-state index in [4.69, 9.17) is 16.3 Å². The summed E-state index contributed by atoms with van der Waals surface area (Å²) in [5, 5.41) is 9.42. The number of benzene rings is 2. The highest BCUT2D eigenvalue weighted by atomic mass is 35.5. The number of nitrogens with one attached hydrogen (secondary N) is 1.